The Kier molecular flexibility index (Phi) is 8.86. The third-order valence-corrected chi connectivity index (χ3v) is 5.46. The molecule has 1 saturated heterocycles. The van der Waals surface area contributed by atoms with Gasteiger partial charge in [-0.1, -0.05) is 79.1 Å². The minimum Gasteiger partial charge on any atom is -0.393 e. The summed E-state index contributed by atoms with van der Waals surface area (Å²) in [5.41, 5.74) is 0.157. The topological polar surface area (TPSA) is 43.4 Å². The molecule has 23 heavy (non-hydrogen) atoms. The van der Waals surface area contributed by atoms with Crippen molar-refractivity contribution in [1.82, 2.24) is 0 Å². The molecule has 0 aliphatic carbocycles. The van der Waals surface area contributed by atoms with Crippen LogP contribution in [0.2, 0.25) is 0 Å². The third kappa shape index (κ3) is 6.64. The number of carbonyl (C=O) groups is 2. The van der Waals surface area contributed by atoms with Crippen LogP contribution < -0.4 is 0 Å². The van der Waals surface area contributed by atoms with Crippen LogP contribution in [-0.2, 0) is 14.3 Å². The minimum atomic E-state index is -0.334. The largest absolute Gasteiger partial charge is 0.393 e. The summed E-state index contributed by atoms with van der Waals surface area (Å²) in [6.45, 7) is 8.61. The molecule has 3 nitrogen and oxygen atoms in total. The van der Waals surface area contributed by atoms with Gasteiger partial charge >= 0.3 is 11.9 Å². The van der Waals surface area contributed by atoms with Crippen molar-refractivity contribution >= 4 is 11.9 Å². The number of esters is 2. The molecule has 0 aromatic heterocycles. The molecule has 0 radical (unpaired) electrons. The summed E-state index contributed by atoms with van der Waals surface area (Å²) in [6, 6.07) is 0. The fraction of sp³-hybridized carbons (Fsp3) is 0.900. The Hall–Kier alpha value is -0.860. The second-order valence-electron chi connectivity index (χ2n) is 7.77. The summed E-state index contributed by atoms with van der Waals surface area (Å²) in [5, 5.41) is 0. The molecule has 1 fully saturated rings. The average molecular weight is 325 g/mol. The van der Waals surface area contributed by atoms with Gasteiger partial charge in [0.1, 0.15) is 0 Å². The normalized spacial score (nSPS) is 21.7. The predicted molar refractivity (Wildman–Crippen MR) is 94.0 cm³/mol. The zero-order chi connectivity index (χ0) is 17.3. The van der Waals surface area contributed by atoms with E-state index in [2.05, 4.69) is 20.8 Å². The van der Waals surface area contributed by atoms with Crippen LogP contribution in [0.5, 0.6) is 0 Å². The van der Waals surface area contributed by atoms with Gasteiger partial charge in [0.05, 0.1) is 11.8 Å². The van der Waals surface area contributed by atoms with Crippen molar-refractivity contribution in [1.29, 1.82) is 0 Å². The quantitative estimate of drug-likeness (QED) is 0.264. The van der Waals surface area contributed by atoms with E-state index in [1.54, 1.807) is 0 Å². The van der Waals surface area contributed by atoms with Crippen molar-refractivity contribution < 1.29 is 14.3 Å². The van der Waals surface area contributed by atoms with Gasteiger partial charge in [-0.3, -0.25) is 9.59 Å². The van der Waals surface area contributed by atoms with E-state index in [4.69, 9.17) is 4.74 Å². The molecular weight excluding hydrogens is 288 g/mol. The van der Waals surface area contributed by atoms with Crippen LogP contribution in [0.4, 0.5) is 0 Å². The second kappa shape index (κ2) is 10.1. The van der Waals surface area contributed by atoms with Gasteiger partial charge in [0.2, 0.25) is 0 Å². The lowest BCUT2D eigenvalue weighted by molar-refractivity contribution is -0.154. The van der Waals surface area contributed by atoms with E-state index in [9.17, 15) is 9.59 Å². The van der Waals surface area contributed by atoms with Gasteiger partial charge in [0.15, 0.2) is 0 Å². The maximum absolute atomic E-state index is 12.0. The first-order chi connectivity index (χ1) is 10.9. The molecule has 0 amide bonds. The van der Waals surface area contributed by atoms with Gasteiger partial charge in [-0.05, 0) is 24.7 Å². The molecular formula is C20H36O3. The summed E-state index contributed by atoms with van der Waals surface area (Å²) < 4.78 is 4.84. The zero-order valence-electron chi connectivity index (χ0n) is 15.7. The fourth-order valence-electron chi connectivity index (χ4n) is 3.71. The zero-order valence-corrected chi connectivity index (χ0v) is 15.7. The van der Waals surface area contributed by atoms with Crippen molar-refractivity contribution in [2.45, 2.75) is 98.3 Å². The highest BCUT2D eigenvalue weighted by molar-refractivity contribution is 5.96. The monoisotopic (exact) mass is 324 g/mol. The number of rotatable bonds is 12. The Balaban J connectivity index is 2.61. The molecule has 0 saturated carbocycles. The second-order valence-corrected chi connectivity index (χ2v) is 7.77. The first kappa shape index (κ1) is 20.2. The van der Waals surface area contributed by atoms with Crippen molar-refractivity contribution in [2.24, 2.45) is 17.3 Å². The molecule has 1 aliphatic heterocycles. The van der Waals surface area contributed by atoms with E-state index in [0.29, 0.717) is 0 Å². The van der Waals surface area contributed by atoms with Crippen molar-refractivity contribution in [3.05, 3.63) is 0 Å². The summed E-state index contributed by atoms with van der Waals surface area (Å²) in [7, 11) is 0. The van der Waals surface area contributed by atoms with Gasteiger partial charge in [0.25, 0.3) is 0 Å². The van der Waals surface area contributed by atoms with Crippen molar-refractivity contribution in [2.75, 3.05) is 0 Å². The molecule has 2 atom stereocenters. The van der Waals surface area contributed by atoms with Crippen LogP contribution in [0.3, 0.4) is 0 Å². The van der Waals surface area contributed by atoms with Crippen LogP contribution in [0.15, 0.2) is 0 Å². The van der Waals surface area contributed by atoms with E-state index >= 15 is 0 Å². The van der Waals surface area contributed by atoms with Crippen LogP contribution in [0.1, 0.15) is 98.3 Å². The minimum absolute atomic E-state index is 0.157. The molecule has 2 unspecified atom stereocenters. The van der Waals surface area contributed by atoms with Crippen molar-refractivity contribution in [3.63, 3.8) is 0 Å². The lowest BCUT2D eigenvalue weighted by Gasteiger charge is -2.32. The average Bonchev–Trinajstić information content (AvgIpc) is 2.75. The standard InChI is InChI=1S/C20H36O3/c1-5-7-9-11-13-20(4,14-12-10-8-6-2)15-17-16(3)18(21)23-19(17)22/h16-17H,5-15H2,1-4H3. The molecule has 0 bridgehead atoms. The molecule has 134 valence electrons. The van der Waals surface area contributed by atoms with E-state index < -0.39 is 0 Å². The summed E-state index contributed by atoms with van der Waals surface area (Å²) >= 11 is 0. The summed E-state index contributed by atoms with van der Waals surface area (Å²) in [4.78, 5) is 23.6. The van der Waals surface area contributed by atoms with E-state index in [0.717, 1.165) is 19.3 Å². The lowest BCUT2D eigenvalue weighted by Crippen LogP contribution is -2.26. The Morgan fingerprint density at radius 3 is 1.78 bits per heavy atom. The van der Waals surface area contributed by atoms with E-state index in [1.807, 2.05) is 6.92 Å². The van der Waals surface area contributed by atoms with Gasteiger partial charge < -0.3 is 4.74 Å². The Morgan fingerprint density at radius 1 is 0.870 bits per heavy atom. The number of unbranched alkanes of at least 4 members (excludes halogenated alkanes) is 6. The molecule has 0 aromatic rings. The van der Waals surface area contributed by atoms with Crippen LogP contribution in [0, 0.1) is 17.3 Å². The first-order valence-electron chi connectivity index (χ1n) is 9.69. The highest BCUT2D eigenvalue weighted by Gasteiger charge is 2.44. The van der Waals surface area contributed by atoms with Gasteiger partial charge in [-0.15, -0.1) is 0 Å². The van der Waals surface area contributed by atoms with E-state index in [1.165, 1.54) is 51.4 Å². The molecule has 3 heteroatoms. The Bertz CT molecular complexity index is 363. The Labute approximate surface area is 142 Å². The Morgan fingerprint density at radius 2 is 1.39 bits per heavy atom. The fourth-order valence-corrected chi connectivity index (χ4v) is 3.71. The van der Waals surface area contributed by atoms with Gasteiger partial charge in [-0.25, -0.2) is 0 Å². The highest BCUT2D eigenvalue weighted by atomic mass is 16.6. The van der Waals surface area contributed by atoms with Gasteiger partial charge in [-0.2, -0.15) is 0 Å². The number of cyclic esters (lactones) is 2. The van der Waals surface area contributed by atoms with Gasteiger partial charge in [0, 0.05) is 0 Å². The number of hydrogen-bond acceptors (Lipinski definition) is 3. The predicted octanol–water partition coefficient (Wildman–Crippen LogP) is 5.66. The van der Waals surface area contributed by atoms with Crippen LogP contribution >= 0.6 is 0 Å². The summed E-state index contributed by atoms with van der Waals surface area (Å²) in [6.07, 6.45) is 13.2. The molecule has 0 spiro atoms. The molecule has 1 aliphatic rings. The molecule has 1 rings (SSSR count). The number of carbonyl (C=O) groups excluding carboxylic acids is 2. The SMILES string of the molecule is CCCCCCC(C)(CCCCCC)CC1C(=O)OC(=O)C1C. The third-order valence-electron chi connectivity index (χ3n) is 5.46. The van der Waals surface area contributed by atoms with Crippen molar-refractivity contribution in [3.8, 4) is 0 Å². The smallest absolute Gasteiger partial charge is 0.317 e. The molecule has 0 aromatic carbocycles. The molecule has 0 N–H and O–H groups in total. The van der Waals surface area contributed by atoms with Crippen LogP contribution in [-0.4, -0.2) is 11.9 Å². The first-order valence-corrected chi connectivity index (χ1v) is 9.69. The number of ether oxygens (including phenoxy) is 1. The lowest BCUT2D eigenvalue weighted by atomic mass is 9.71. The molecule has 1 heterocycles. The maximum Gasteiger partial charge on any atom is 0.317 e. The maximum atomic E-state index is 12.0. The van der Waals surface area contributed by atoms with Crippen LogP contribution in [0.25, 0.3) is 0 Å². The number of hydrogen-bond donors (Lipinski definition) is 0. The summed E-state index contributed by atoms with van der Waals surface area (Å²) in [5.74, 6) is -1.13. The highest BCUT2D eigenvalue weighted by Crippen LogP contribution is 2.41. The van der Waals surface area contributed by atoms with E-state index in [-0.39, 0.29) is 29.2 Å².